The van der Waals surface area contributed by atoms with Gasteiger partial charge in [-0.1, -0.05) is 0 Å². The molecule has 0 N–H and O–H groups in total. The molecule has 5 nitrogen and oxygen atoms in total. The summed E-state index contributed by atoms with van der Waals surface area (Å²) in [5, 5.41) is 0. The molecule has 1 fully saturated rings. The van der Waals surface area contributed by atoms with Crippen LogP contribution in [0.2, 0.25) is 0 Å². The smallest absolute Gasteiger partial charge is 0.341 e. The highest BCUT2D eigenvalue weighted by atomic mass is 19.1. The Morgan fingerprint density at radius 3 is 2.54 bits per heavy atom. The number of nitrogens with zero attached hydrogens (tertiary/aromatic N) is 2. The summed E-state index contributed by atoms with van der Waals surface area (Å²) >= 11 is 0. The van der Waals surface area contributed by atoms with Crippen molar-refractivity contribution >= 4 is 11.7 Å². The standard InChI is InChI=1S/C18H21FN2O3/c1-2-23-18(22)16-7-12-24-17(16)13-20-8-10-21(11-9-20)15-5-3-14(19)4-6-15/h3-7,12H,2,8-11,13H2,1H3. The predicted octanol–water partition coefficient (Wildman–Crippen LogP) is 2.92. The molecule has 6 heteroatoms. The number of hydrogen-bond acceptors (Lipinski definition) is 5. The molecule has 1 aliphatic heterocycles. The monoisotopic (exact) mass is 332 g/mol. The Morgan fingerprint density at radius 2 is 1.88 bits per heavy atom. The van der Waals surface area contributed by atoms with Gasteiger partial charge in [0.1, 0.15) is 17.1 Å². The summed E-state index contributed by atoms with van der Waals surface area (Å²) in [6.07, 6.45) is 1.52. The number of esters is 1. The summed E-state index contributed by atoms with van der Waals surface area (Å²) in [5.41, 5.74) is 1.53. The molecule has 0 radical (unpaired) electrons. The number of carbonyl (C=O) groups is 1. The summed E-state index contributed by atoms with van der Waals surface area (Å²) in [6, 6.07) is 8.22. The second kappa shape index (κ2) is 7.49. The van der Waals surface area contributed by atoms with Crippen molar-refractivity contribution in [1.82, 2.24) is 4.90 Å². The summed E-state index contributed by atoms with van der Waals surface area (Å²) in [5.74, 6) is 0.0802. The van der Waals surface area contributed by atoms with Gasteiger partial charge in [0.15, 0.2) is 0 Å². The SMILES string of the molecule is CCOC(=O)c1ccoc1CN1CCN(c2ccc(F)cc2)CC1. The molecular weight excluding hydrogens is 311 g/mol. The van der Waals surface area contributed by atoms with Crippen LogP contribution in [0.25, 0.3) is 0 Å². The zero-order chi connectivity index (χ0) is 16.9. The summed E-state index contributed by atoms with van der Waals surface area (Å²) in [4.78, 5) is 16.4. The second-order valence-electron chi connectivity index (χ2n) is 5.72. The summed E-state index contributed by atoms with van der Waals surface area (Å²) in [7, 11) is 0. The molecule has 0 atom stereocenters. The Bertz CT molecular complexity index is 676. The van der Waals surface area contributed by atoms with Gasteiger partial charge in [0.25, 0.3) is 0 Å². The van der Waals surface area contributed by atoms with Crippen molar-refractivity contribution in [1.29, 1.82) is 0 Å². The molecule has 0 aliphatic carbocycles. The largest absolute Gasteiger partial charge is 0.467 e. The number of furan rings is 1. The van der Waals surface area contributed by atoms with Crippen molar-refractivity contribution in [3.05, 3.63) is 53.7 Å². The van der Waals surface area contributed by atoms with Gasteiger partial charge in [-0.05, 0) is 37.3 Å². The van der Waals surface area contributed by atoms with E-state index in [9.17, 15) is 9.18 Å². The van der Waals surface area contributed by atoms with Gasteiger partial charge in [0.05, 0.1) is 19.4 Å². The van der Waals surface area contributed by atoms with E-state index < -0.39 is 0 Å². The lowest BCUT2D eigenvalue weighted by molar-refractivity contribution is 0.0522. The molecule has 2 heterocycles. The first-order valence-electron chi connectivity index (χ1n) is 8.13. The quantitative estimate of drug-likeness (QED) is 0.788. The summed E-state index contributed by atoms with van der Waals surface area (Å²) < 4.78 is 23.5. The molecule has 0 unspecified atom stereocenters. The molecule has 1 aromatic carbocycles. The fourth-order valence-corrected chi connectivity index (χ4v) is 2.87. The minimum atomic E-state index is -0.341. The lowest BCUT2D eigenvalue weighted by Crippen LogP contribution is -2.46. The van der Waals surface area contributed by atoms with Gasteiger partial charge in [-0.2, -0.15) is 0 Å². The first-order chi connectivity index (χ1) is 11.7. The zero-order valence-corrected chi connectivity index (χ0v) is 13.7. The number of halogens is 1. The van der Waals surface area contributed by atoms with Crippen LogP contribution in [0.5, 0.6) is 0 Å². The van der Waals surface area contributed by atoms with Gasteiger partial charge in [-0.15, -0.1) is 0 Å². The average Bonchev–Trinajstić information content (AvgIpc) is 3.05. The first-order valence-corrected chi connectivity index (χ1v) is 8.13. The van der Waals surface area contributed by atoms with Gasteiger partial charge in [-0.3, -0.25) is 4.90 Å². The maximum Gasteiger partial charge on any atom is 0.341 e. The second-order valence-corrected chi connectivity index (χ2v) is 5.72. The van der Waals surface area contributed by atoms with E-state index in [2.05, 4.69) is 9.80 Å². The molecule has 24 heavy (non-hydrogen) atoms. The average molecular weight is 332 g/mol. The van der Waals surface area contributed by atoms with Gasteiger partial charge >= 0.3 is 5.97 Å². The normalized spacial score (nSPS) is 15.5. The lowest BCUT2D eigenvalue weighted by atomic mass is 10.2. The van der Waals surface area contributed by atoms with Crippen molar-refractivity contribution in [2.75, 3.05) is 37.7 Å². The molecule has 2 aromatic rings. The zero-order valence-electron chi connectivity index (χ0n) is 13.7. The van der Waals surface area contributed by atoms with Crippen LogP contribution in [-0.4, -0.2) is 43.7 Å². The van der Waals surface area contributed by atoms with E-state index in [0.717, 1.165) is 31.9 Å². The van der Waals surface area contributed by atoms with Crippen LogP contribution >= 0.6 is 0 Å². The fourth-order valence-electron chi connectivity index (χ4n) is 2.87. The molecule has 1 saturated heterocycles. The van der Waals surface area contributed by atoms with E-state index in [0.29, 0.717) is 24.5 Å². The number of ether oxygens (including phenoxy) is 1. The van der Waals surface area contributed by atoms with Crippen LogP contribution in [0.15, 0.2) is 41.0 Å². The Labute approximate surface area is 140 Å². The Balaban J connectivity index is 1.57. The van der Waals surface area contributed by atoms with Crippen LogP contribution in [-0.2, 0) is 11.3 Å². The minimum Gasteiger partial charge on any atom is -0.467 e. The van der Waals surface area contributed by atoms with Crippen LogP contribution in [0.1, 0.15) is 23.0 Å². The molecular formula is C18H21FN2O3. The third-order valence-corrected chi connectivity index (χ3v) is 4.17. The van der Waals surface area contributed by atoms with E-state index in [1.54, 1.807) is 25.1 Å². The maximum absolute atomic E-state index is 13.0. The van der Waals surface area contributed by atoms with Crippen molar-refractivity contribution in [3.63, 3.8) is 0 Å². The predicted molar refractivity (Wildman–Crippen MR) is 88.6 cm³/mol. The molecule has 0 amide bonds. The molecule has 3 rings (SSSR count). The number of piperazine rings is 1. The molecule has 0 saturated carbocycles. The Morgan fingerprint density at radius 1 is 1.17 bits per heavy atom. The van der Waals surface area contributed by atoms with Crippen molar-refractivity contribution in [3.8, 4) is 0 Å². The van der Waals surface area contributed by atoms with Gasteiger partial charge in [0, 0.05) is 31.9 Å². The third kappa shape index (κ3) is 3.76. The van der Waals surface area contributed by atoms with Crippen LogP contribution < -0.4 is 4.90 Å². The fraction of sp³-hybridized carbons (Fsp3) is 0.389. The van der Waals surface area contributed by atoms with E-state index in [1.165, 1.54) is 18.4 Å². The van der Waals surface area contributed by atoms with E-state index >= 15 is 0 Å². The van der Waals surface area contributed by atoms with E-state index in [1.807, 2.05) is 0 Å². The molecule has 0 spiro atoms. The van der Waals surface area contributed by atoms with Crippen LogP contribution in [0.3, 0.4) is 0 Å². The number of carbonyl (C=O) groups excluding carboxylic acids is 1. The minimum absolute atomic E-state index is 0.221. The summed E-state index contributed by atoms with van der Waals surface area (Å²) in [6.45, 7) is 6.10. The van der Waals surface area contributed by atoms with Gasteiger partial charge in [0.2, 0.25) is 0 Å². The van der Waals surface area contributed by atoms with E-state index in [4.69, 9.17) is 9.15 Å². The van der Waals surface area contributed by atoms with Crippen molar-refractivity contribution in [2.45, 2.75) is 13.5 Å². The highest BCUT2D eigenvalue weighted by Crippen LogP contribution is 2.19. The highest BCUT2D eigenvalue weighted by Gasteiger charge is 2.22. The van der Waals surface area contributed by atoms with Crippen molar-refractivity contribution in [2.24, 2.45) is 0 Å². The van der Waals surface area contributed by atoms with Crippen molar-refractivity contribution < 1.29 is 18.3 Å². The topological polar surface area (TPSA) is 45.9 Å². The maximum atomic E-state index is 13.0. The Hall–Kier alpha value is -2.34. The van der Waals surface area contributed by atoms with Gasteiger partial charge < -0.3 is 14.1 Å². The first kappa shape index (κ1) is 16.5. The van der Waals surface area contributed by atoms with Gasteiger partial charge in [-0.25, -0.2) is 9.18 Å². The number of hydrogen-bond donors (Lipinski definition) is 0. The lowest BCUT2D eigenvalue weighted by Gasteiger charge is -2.35. The molecule has 1 aromatic heterocycles. The molecule has 1 aliphatic rings. The molecule has 0 bridgehead atoms. The van der Waals surface area contributed by atoms with E-state index in [-0.39, 0.29) is 11.8 Å². The molecule has 128 valence electrons. The highest BCUT2D eigenvalue weighted by molar-refractivity contribution is 5.90. The number of benzene rings is 1. The number of rotatable bonds is 5. The Kier molecular flexibility index (Phi) is 5.15. The number of anilines is 1. The third-order valence-electron chi connectivity index (χ3n) is 4.17. The van der Waals surface area contributed by atoms with Crippen LogP contribution in [0, 0.1) is 5.82 Å². The van der Waals surface area contributed by atoms with Crippen LogP contribution in [0.4, 0.5) is 10.1 Å².